The summed E-state index contributed by atoms with van der Waals surface area (Å²) in [6.45, 7) is 2.05. The standard InChI is InChI=1S/C23H22BrClN6O3/c1-31-20(29-21(32)16-4-2-3-5-17(16)25)18(24)22(30-31)34-23(33)28-11-10-14-6-8-15(9-7-14)19-26-12-13-27-19/h2-9H,10-13H2,1H3,(H,26,27)(H,28,33)(H,29,32). The van der Waals surface area contributed by atoms with E-state index in [-0.39, 0.29) is 5.88 Å². The van der Waals surface area contributed by atoms with Gasteiger partial charge in [-0.2, -0.15) is 0 Å². The van der Waals surface area contributed by atoms with Crippen LogP contribution in [0, 0.1) is 0 Å². The molecule has 4 rings (SSSR count). The number of hydrogen-bond acceptors (Lipinski definition) is 6. The average molecular weight is 546 g/mol. The van der Waals surface area contributed by atoms with Gasteiger partial charge in [0.1, 0.15) is 16.1 Å². The molecule has 2 amide bonds. The van der Waals surface area contributed by atoms with E-state index < -0.39 is 12.0 Å². The maximum atomic E-state index is 12.6. The Morgan fingerprint density at radius 1 is 1.21 bits per heavy atom. The van der Waals surface area contributed by atoms with E-state index in [0.29, 0.717) is 33.8 Å². The number of carbonyl (C=O) groups is 2. The minimum absolute atomic E-state index is 0.0312. The predicted octanol–water partition coefficient (Wildman–Crippen LogP) is 3.77. The number of nitrogens with zero attached hydrogens (tertiary/aromatic N) is 3. The highest BCUT2D eigenvalue weighted by Gasteiger charge is 2.21. The van der Waals surface area contributed by atoms with Crippen molar-refractivity contribution in [3.63, 3.8) is 0 Å². The zero-order valence-electron chi connectivity index (χ0n) is 18.3. The number of amides is 2. The molecule has 0 bridgehead atoms. The molecular formula is C23H22BrClN6O3. The largest absolute Gasteiger partial charge is 0.414 e. The van der Waals surface area contributed by atoms with Crippen molar-refractivity contribution < 1.29 is 14.3 Å². The van der Waals surface area contributed by atoms with Gasteiger partial charge in [-0.3, -0.25) is 9.79 Å². The first-order valence-electron chi connectivity index (χ1n) is 10.5. The molecule has 34 heavy (non-hydrogen) atoms. The summed E-state index contributed by atoms with van der Waals surface area (Å²) >= 11 is 9.43. The summed E-state index contributed by atoms with van der Waals surface area (Å²) < 4.78 is 7.04. The Labute approximate surface area is 209 Å². The summed E-state index contributed by atoms with van der Waals surface area (Å²) in [5.74, 6) is 0.863. The van der Waals surface area contributed by atoms with Crippen molar-refractivity contribution in [1.29, 1.82) is 0 Å². The molecular weight excluding hydrogens is 524 g/mol. The fraction of sp³-hybridized carbons (Fsp3) is 0.217. The molecule has 1 aromatic heterocycles. The molecule has 0 radical (unpaired) electrons. The number of aryl methyl sites for hydroxylation is 1. The van der Waals surface area contributed by atoms with E-state index in [1.165, 1.54) is 4.68 Å². The molecule has 2 heterocycles. The first-order valence-corrected chi connectivity index (χ1v) is 11.7. The maximum absolute atomic E-state index is 12.6. The monoisotopic (exact) mass is 544 g/mol. The number of hydrogen-bond donors (Lipinski definition) is 3. The van der Waals surface area contributed by atoms with Gasteiger partial charge in [0.2, 0.25) is 0 Å². The molecule has 3 aromatic rings. The summed E-state index contributed by atoms with van der Waals surface area (Å²) in [4.78, 5) is 29.2. The smallest absolute Gasteiger partial charge is 0.388 e. The van der Waals surface area contributed by atoms with Crippen LogP contribution >= 0.6 is 27.5 Å². The van der Waals surface area contributed by atoms with Gasteiger partial charge in [-0.25, -0.2) is 9.48 Å². The molecule has 0 spiro atoms. The molecule has 0 fully saturated rings. The number of aliphatic imine (C=N–C) groups is 1. The molecule has 3 N–H and O–H groups in total. The highest BCUT2D eigenvalue weighted by Crippen LogP contribution is 2.32. The molecule has 11 heteroatoms. The first kappa shape index (κ1) is 23.8. The second-order valence-corrected chi connectivity index (χ2v) is 8.65. The Morgan fingerprint density at radius 3 is 2.68 bits per heavy atom. The van der Waals surface area contributed by atoms with Crippen LogP contribution in [0.25, 0.3) is 0 Å². The highest BCUT2D eigenvalue weighted by molar-refractivity contribution is 9.10. The Bertz CT molecular complexity index is 1240. The van der Waals surface area contributed by atoms with Crippen molar-refractivity contribution in [3.8, 4) is 5.88 Å². The van der Waals surface area contributed by atoms with E-state index in [9.17, 15) is 9.59 Å². The lowest BCUT2D eigenvalue weighted by atomic mass is 10.1. The normalized spacial score (nSPS) is 12.6. The van der Waals surface area contributed by atoms with Crippen LogP contribution in [0.4, 0.5) is 10.6 Å². The van der Waals surface area contributed by atoms with E-state index in [0.717, 1.165) is 30.1 Å². The van der Waals surface area contributed by atoms with Gasteiger partial charge < -0.3 is 20.7 Å². The minimum atomic E-state index is -0.649. The van der Waals surface area contributed by atoms with Crippen LogP contribution in [0.2, 0.25) is 5.02 Å². The fourth-order valence-corrected chi connectivity index (χ4v) is 4.09. The maximum Gasteiger partial charge on any atom is 0.414 e. The summed E-state index contributed by atoms with van der Waals surface area (Å²) in [5.41, 5.74) is 2.44. The zero-order chi connectivity index (χ0) is 24.1. The minimum Gasteiger partial charge on any atom is -0.388 e. The molecule has 0 unspecified atom stereocenters. The van der Waals surface area contributed by atoms with Crippen LogP contribution in [0.5, 0.6) is 5.88 Å². The third-order valence-corrected chi connectivity index (χ3v) is 6.13. The number of benzene rings is 2. The molecule has 0 atom stereocenters. The van der Waals surface area contributed by atoms with Crippen LogP contribution in [-0.2, 0) is 13.5 Å². The van der Waals surface area contributed by atoms with Gasteiger partial charge in [0.25, 0.3) is 11.8 Å². The van der Waals surface area contributed by atoms with Crippen LogP contribution in [0.15, 0.2) is 58.0 Å². The van der Waals surface area contributed by atoms with Gasteiger partial charge in [-0.05, 0) is 40.0 Å². The molecule has 0 saturated heterocycles. The Morgan fingerprint density at radius 2 is 1.97 bits per heavy atom. The first-order chi connectivity index (χ1) is 16.4. The van der Waals surface area contributed by atoms with Gasteiger partial charge in [0.05, 0.1) is 17.1 Å². The SMILES string of the molecule is Cn1nc(OC(=O)NCCc2ccc(C3=NCCN3)cc2)c(Br)c1NC(=O)c1ccccc1Cl. The number of nitrogens with one attached hydrogen (secondary N) is 3. The second-order valence-electron chi connectivity index (χ2n) is 7.45. The molecule has 0 aliphatic carbocycles. The van der Waals surface area contributed by atoms with Crippen LogP contribution < -0.4 is 20.7 Å². The van der Waals surface area contributed by atoms with Crippen molar-refractivity contribution in [2.24, 2.45) is 12.0 Å². The van der Waals surface area contributed by atoms with E-state index in [1.807, 2.05) is 24.3 Å². The summed E-state index contributed by atoms with van der Waals surface area (Å²) in [5, 5.41) is 13.2. The molecule has 2 aromatic carbocycles. The number of ether oxygens (including phenoxy) is 1. The Kier molecular flexibility index (Phi) is 7.49. The highest BCUT2D eigenvalue weighted by atomic mass is 79.9. The zero-order valence-corrected chi connectivity index (χ0v) is 20.6. The topological polar surface area (TPSA) is 110 Å². The second kappa shape index (κ2) is 10.7. The van der Waals surface area contributed by atoms with E-state index in [4.69, 9.17) is 16.3 Å². The number of aromatic nitrogens is 2. The van der Waals surface area contributed by atoms with E-state index in [2.05, 4.69) is 42.0 Å². The molecule has 0 saturated carbocycles. The number of rotatable bonds is 7. The van der Waals surface area contributed by atoms with Crippen molar-refractivity contribution in [1.82, 2.24) is 20.4 Å². The molecule has 1 aliphatic heterocycles. The van der Waals surface area contributed by atoms with Gasteiger partial charge in [0, 0.05) is 25.7 Å². The number of carbonyl (C=O) groups excluding carboxylic acids is 2. The van der Waals surface area contributed by atoms with Gasteiger partial charge >= 0.3 is 6.09 Å². The lowest BCUT2D eigenvalue weighted by Gasteiger charge is -2.07. The van der Waals surface area contributed by atoms with Gasteiger partial charge in [0.15, 0.2) is 0 Å². The van der Waals surface area contributed by atoms with Crippen LogP contribution in [0.1, 0.15) is 21.5 Å². The van der Waals surface area contributed by atoms with Gasteiger partial charge in [-0.1, -0.05) is 48.0 Å². The number of amidine groups is 1. The Balaban J connectivity index is 1.30. The average Bonchev–Trinajstić information content (AvgIpc) is 3.45. The third kappa shape index (κ3) is 5.57. The van der Waals surface area contributed by atoms with Crippen LogP contribution in [0.3, 0.4) is 0 Å². The Hall–Kier alpha value is -3.37. The van der Waals surface area contributed by atoms with Crippen LogP contribution in [-0.4, -0.2) is 47.3 Å². The fourth-order valence-electron chi connectivity index (χ4n) is 3.35. The number of halogens is 2. The molecule has 176 valence electrons. The predicted molar refractivity (Wildman–Crippen MR) is 134 cm³/mol. The summed E-state index contributed by atoms with van der Waals surface area (Å²) in [7, 11) is 1.62. The molecule has 1 aliphatic rings. The lowest BCUT2D eigenvalue weighted by molar-refractivity contribution is 0.102. The van der Waals surface area contributed by atoms with E-state index >= 15 is 0 Å². The van der Waals surface area contributed by atoms with Crippen molar-refractivity contribution in [2.45, 2.75) is 6.42 Å². The summed E-state index contributed by atoms with van der Waals surface area (Å²) in [6.07, 6.45) is -0.0124. The lowest BCUT2D eigenvalue weighted by Crippen LogP contribution is -2.29. The van der Waals surface area contributed by atoms with E-state index in [1.54, 1.807) is 31.3 Å². The number of anilines is 1. The summed E-state index contributed by atoms with van der Waals surface area (Å²) in [6, 6.07) is 14.7. The molecule has 9 nitrogen and oxygen atoms in total. The van der Waals surface area contributed by atoms with Crippen molar-refractivity contribution in [3.05, 3.63) is 74.7 Å². The quantitative estimate of drug-likeness (QED) is 0.419. The van der Waals surface area contributed by atoms with Gasteiger partial charge in [-0.15, -0.1) is 5.10 Å². The van der Waals surface area contributed by atoms with Crippen molar-refractivity contribution in [2.75, 3.05) is 25.0 Å². The third-order valence-electron chi connectivity index (χ3n) is 5.08. The van der Waals surface area contributed by atoms with Crippen molar-refractivity contribution >= 4 is 51.2 Å².